The van der Waals surface area contributed by atoms with Crippen LogP contribution in [0.25, 0.3) is 0 Å². The van der Waals surface area contributed by atoms with Gasteiger partial charge in [-0.05, 0) is 49.4 Å². The maximum absolute atomic E-state index is 13.1. The van der Waals surface area contributed by atoms with Crippen LogP contribution in [0.15, 0.2) is 0 Å². The third-order valence-electron chi connectivity index (χ3n) is 20.5. The first-order chi connectivity index (χ1) is 50.2. The lowest BCUT2D eigenvalue weighted by atomic mass is 9.99. The Hall–Kier alpha value is -1.94. The van der Waals surface area contributed by atoms with Gasteiger partial charge in [0.2, 0.25) is 0 Å². The van der Waals surface area contributed by atoms with Crippen molar-refractivity contribution >= 4 is 39.5 Å². The minimum Gasteiger partial charge on any atom is -0.462 e. The molecule has 0 aliphatic heterocycles. The van der Waals surface area contributed by atoms with Gasteiger partial charge in [-0.3, -0.25) is 37.3 Å². The fourth-order valence-electron chi connectivity index (χ4n) is 13.1. The number of rotatable bonds is 82. The average Bonchev–Trinajstić information content (AvgIpc) is 0.906. The van der Waals surface area contributed by atoms with E-state index in [1.54, 1.807) is 0 Å². The highest BCUT2D eigenvalue weighted by Crippen LogP contribution is 2.45. The maximum Gasteiger partial charge on any atom is 0.472 e. The molecule has 0 aromatic heterocycles. The van der Waals surface area contributed by atoms with E-state index in [1.807, 2.05) is 0 Å². The van der Waals surface area contributed by atoms with Gasteiger partial charge in [0.1, 0.15) is 19.3 Å². The van der Waals surface area contributed by atoms with Crippen LogP contribution in [-0.4, -0.2) is 96.7 Å². The molecule has 0 heterocycles. The van der Waals surface area contributed by atoms with Gasteiger partial charge in [-0.1, -0.05) is 389 Å². The van der Waals surface area contributed by atoms with E-state index < -0.39 is 97.5 Å². The number of aliphatic hydroxyl groups excluding tert-OH is 1. The molecule has 0 saturated carbocycles. The number of hydrogen-bond donors (Lipinski definition) is 3. The molecule has 19 heteroatoms. The second kappa shape index (κ2) is 73.8. The van der Waals surface area contributed by atoms with Crippen LogP contribution in [0.4, 0.5) is 0 Å². The third kappa shape index (κ3) is 75.5. The Labute approximate surface area is 638 Å². The molecule has 0 spiro atoms. The molecule has 4 unspecified atom stereocenters. The van der Waals surface area contributed by atoms with E-state index >= 15 is 0 Å². The summed E-state index contributed by atoms with van der Waals surface area (Å²) in [4.78, 5) is 73.2. The normalized spacial score (nSPS) is 14.5. The van der Waals surface area contributed by atoms with Crippen LogP contribution in [0.1, 0.15) is 441 Å². The summed E-state index contributed by atoms with van der Waals surface area (Å²) in [6.45, 7) is 14.3. The molecular weight excluding hydrogens is 1350 g/mol. The van der Waals surface area contributed by atoms with E-state index in [4.69, 9.17) is 37.0 Å². The molecule has 618 valence electrons. The van der Waals surface area contributed by atoms with Crippen molar-refractivity contribution in [2.24, 2.45) is 23.7 Å². The van der Waals surface area contributed by atoms with Crippen molar-refractivity contribution in [1.82, 2.24) is 0 Å². The predicted molar refractivity (Wildman–Crippen MR) is 428 cm³/mol. The number of carbonyl (C=O) groups excluding carboxylic acids is 4. The first-order valence-corrected chi connectivity index (χ1v) is 46.8. The van der Waals surface area contributed by atoms with Crippen molar-refractivity contribution in [2.45, 2.75) is 459 Å². The Bertz CT molecular complexity index is 2030. The van der Waals surface area contributed by atoms with Crippen molar-refractivity contribution < 1.29 is 80.2 Å². The standard InChI is InChI=1S/C85H166O17P2/c1-9-77(7)63-55-47-39-31-23-19-15-13-11-12-14-16-22-26-34-43-51-59-67-84(89)101-80(71-95-82(87)65-57-49-41-33-25-21-18-17-20-24-32-40-48-56-64-78(8)10-2)73-99-103(91,92)97-69-79(86)70-98-104(93,94)100-74-81(102-85(90)68-60-52-44-36-28-30-38-46-54-62-76(5)6)72-96-83(88)66-58-50-42-35-27-29-37-45-53-61-75(3)4/h75-81,86H,9-74H2,1-8H3,(H,91,92)(H,93,94)/t77?,78?,79-,80-,81-/m1/s1. The topological polar surface area (TPSA) is 237 Å². The second-order valence-electron chi connectivity index (χ2n) is 32.0. The van der Waals surface area contributed by atoms with Crippen molar-refractivity contribution in [3.8, 4) is 0 Å². The summed E-state index contributed by atoms with van der Waals surface area (Å²) in [6, 6.07) is 0. The lowest BCUT2D eigenvalue weighted by molar-refractivity contribution is -0.161. The molecule has 0 aromatic rings. The van der Waals surface area contributed by atoms with Crippen molar-refractivity contribution in [2.75, 3.05) is 39.6 Å². The van der Waals surface area contributed by atoms with Crippen LogP contribution in [0.3, 0.4) is 0 Å². The minimum absolute atomic E-state index is 0.105. The zero-order valence-corrected chi connectivity index (χ0v) is 70.5. The van der Waals surface area contributed by atoms with Crippen LogP contribution in [0.2, 0.25) is 0 Å². The summed E-state index contributed by atoms with van der Waals surface area (Å²) in [7, 11) is -9.93. The fraction of sp³-hybridized carbons (Fsp3) is 0.953. The Morgan fingerprint density at radius 3 is 0.683 bits per heavy atom. The molecule has 0 radical (unpaired) electrons. The summed E-state index contributed by atoms with van der Waals surface area (Å²) in [5.74, 6) is 1.09. The SMILES string of the molecule is CCC(C)CCCCCCCCCCCCCCCCCCCCC(=O)O[C@H](COC(=O)CCCCCCCCCCCCCCCCC(C)CC)COP(=O)(O)OC[C@@H](O)COP(=O)(O)OC[C@@H](COC(=O)CCCCCCCCCCCC(C)C)OC(=O)CCCCCCCCCCCC(C)C. The third-order valence-corrected chi connectivity index (χ3v) is 22.4. The molecule has 0 aliphatic carbocycles. The summed E-state index contributed by atoms with van der Waals surface area (Å²) < 4.78 is 68.8. The number of hydrogen-bond acceptors (Lipinski definition) is 15. The summed E-state index contributed by atoms with van der Waals surface area (Å²) in [5, 5.41) is 10.7. The summed E-state index contributed by atoms with van der Waals surface area (Å²) >= 11 is 0. The molecular formula is C85H166O17P2. The molecule has 0 rings (SSSR count). The van der Waals surface area contributed by atoms with Gasteiger partial charge in [-0.25, -0.2) is 9.13 Å². The molecule has 0 aliphatic rings. The quantitative estimate of drug-likeness (QED) is 0.0222. The first kappa shape index (κ1) is 102. The first-order valence-electron chi connectivity index (χ1n) is 43.8. The van der Waals surface area contributed by atoms with E-state index in [1.165, 1.54) is 244 Å². The number of unbranched alkanes of at least 4 members (excludes halogenated alkanes) is 46. The summed E-state index contributed by atoms with van der Waals surface area (Å²) in [5.41, 5.74) is 0. The van der Waals surface area contributed by atoms with Crippen LogP contribution < -0.4 is 0 Å². The lowest BCUT2D eigenvalue weighted by Crippen LogP contribution is -2.30. The van der Waals surface area contributed by atoms with Gasteiger partial charge in [0.25, 0.3) is 0 Å². The molecule has 104 heavy (non-hydrogen) atoms. The Morgan fingerprint density at radius 1 is 0.269 bits per heavy atom. The highest BCUT2D eigenvalue weighted by atomic mass is 31.2. The van der Waals surface area contributed by atoms with Gasteiger partial charge in [0, 0.05) is 25.7 Å². The smallest absolute Gasteiger partial charge is 0.462 e. The van der Waals surface area contributed by atoms with Gasteiger partial charge in [0.05, 0.1) is 26.4 Å². The van der Waals surface area contributed by atoms with Gasteiger partial charge in [-0.15, -0.1) is 0 Å². The molecule has 0 saturated heterocycles. The zero-order chi connectivity index (χ0) is 76.7. The monoisotopic (exact) mass is 1520 g/mol. The number of ether oxygens (including phenoxy) is 4. The predicted octanol–water partition coefficient (Wildman–Crippen LogP) is 25.6. The van der Waals surface area contributed by atoms with Gasteiger partial charge < -0.3 is 33.8 Å². The van der Waals surface area contributed by atoms with Crippen LogP contribution >= 0.6 is 15.6 Å². The van der Waals surface area contributed by atoms with Gasteiger partial charge >= 0.3 is 39.5 Å². The molecule has 3 N–H and O–H groups in total. The van der Waals surface area contributed by atoms with E-state index in [0.717, 1.165) is 114 Å². The zero-order valence-electron chi connectivity index (χ0n) is 68.7. The number of carbonyl (C=O) groups is 4. The van der Waals surface area contributed by atoms with E-state index in [-0.39, 0.29) is 25.7 Å². The Kier molecular flexibility index (Phi) is 72.5. The number of phosphoric acid groups is 2. The van der Waals surface area contributed by atoms with Gasteiger partial charge in [0.15, 0.2) is 12.2 Å². The fourth-order valence-corrected chi connectivity index (χ4v) is 14.7. The van der Waals surface area contributed by atoms with Gasteiger partial charge in [-0.2, -0.15) is 0 Å². The molecule has 7 atom stereocenters. The summed E-state index contributed by atoms with van der Waals surface area (Å²) in [6.07, 6.45) is 62.4. The molecule has 0 bridgehead atoms. The van der Waals surface area contributed by atoms with Crippen LogP contribution in [0, 0.1) is 23.7 Å². The van der Waals surface area contributed by atoms with Crippen molar-refractivity contribution in [3.63, 3.8) is 0 Å². The highest BCUT2D eigenvalue weighted by Gasteiger charge is 2.30. The number of phosphoric ester groups is 2. The van der Waals surface area contributed by atoms with E-state index in [9.17, 15) is 43.2 Å². The maximum atomic E-state index is 13.1. The van der Waals surface area contributed by atoms with Crippen molar-refractivity contribution in [1.29, 1.82) is 0 Å². The molecule has 17 nitrogen and oxygen atoms in total. The molecule has 0 aromatic carbocycles. The van der Waals surface area contributed by atoms with Crippen LogP contribution in [0.5, 0.6) is 0 Å². The van der Waals surface area contributed by atoms with E-state index in [0.29, 0.717) is 25.7 Å². The average molecular weight is 1520 g/mol. The Balaban J connectivity index is 5.23. The number of aliphatic hydroxyl groups is 1. The highest BCUT2D eigenvalue weighted by molar-refractivity contribution is 7.47. The molecule has 0 fully saturated rings. The number of esters is 4. The van der Waals surface area contributed by atoms with Crippen LogP contribution in [-0.2, 0) is 65.4 Å². The van der Waals surface area contributed by atoms with E-state index in [2.05, 4.69) is 55.4 Å². The molecule has 0 amide bonds. The lowest BCUT2D eigenvalue weighted by Gasteiger charge is -2.21. The second-order valence-corrected chi connectivity index (χ2v) is 34.9. The minimum atomic E-state index is -4.97. The largest absolute Gasteiger partial charge is 0.472 e. The van der Waals surface area contributed by atoms with Crippen molar-refractivity contribution in [3.05, 3.63) is 0 Å². The Morgan fingerprint density at radius 2 is 0.462 bits per heavy atom.